The molecule has 0 saturated heterocycles. The van der Waals surface area contributed by atoms with Crippen LogP contribution in [0, 0.1) is 0 Å². The van der Waals surface area contributed by atoms with E-state index in [1.165, 1.54) is 23.5 Å². The Labute approximate surface area is 206 Å². The highest BCUT2D eigenvalue weighted by molar-refractivity contribution is 7.07. The second-order valence-electron chi connectivity index (χ2n) is 7.93. The van der Waals surface area contributed by atoms with E-state index < -0.39 is 0 Å². The van der Waals surface area contributed by atoms with Crippen molar-refractivity contribution >= 4 is 28.3 Å². The number of phenolic OH excluding ortho intramolecular Hbond substituents is 2. The predicted molar refractivity (Wildman–Crippen MR) is 140 cm³/mol. The van der Waals surface area contributed by atoms with E-state index >= 15 is 0 Å². The van der Waals surface area contributed by atoms with Crippen LogP contribution in [-0.4, -0.2) is 28.2 Å². The number of hydrogen-bond donors (Lipinski definition) is 2. The number of aromatic hydroxyl groups is 2. The highest BCUT2D eigenvalue weighted by atomic mass is 32.1. The first kappa shape index (κ1) is 22.4. The van der Waals surface area contributed by atoms with E-state index in [0.717, 1.165) is 38.1 Å². The fourth-order valence-electron chi connectivity index (χ4n) is 3.73. The summed E-state index contributed by atoms with van der Waals surface area (Å²) in [7, 11) is 1.66. The molecule has 0 unspecified atom stereocenters. The number of aromatic nitrogens is 1. The summed E-state index contributed by atoms with van der Waals surface area (Å²) in [4.78, 5) is 5.53. The van der Waals surface area contributed by atoms with E-state index in [1.807, 2.05) is 53.9 Å². The topological polar surface area (TPSA) is 79.3 Å². The molecule has 7 heteroatoms. The maximum Gasteiger partial charge on any atom is 0.206 e. The number of hydrogen-bond acceptors (Lipinski definition) is 6. The summed E-state index contributed by atoms with van der Waals surface area (Å²) in [5, 5.41) is 28.7. The number of methoxy groups -OCH3 is 1. The molecule has 0 radical (unpaired) electrons. The number of thiazole rings is 1. The zero-order chi connectivity index (χ0) is 24.2. The van der Waals surface area contributed by atoms with Crippen molar-refractivity contribution in [2.24, 2.45) is 10.1 Å². The molecule has 4 aromatic carbocycles. The summed E-state index contributed by atoms with van der Waals surface area (Å²) in [5.74, 6) is 0.763. The number of fused-ring (bicyclic) bond motifs is 1. The van der Waals surface area contributed by atoms with Crippen LogP contribution in [0.5, 0.6) is 17.2 Å². The first-order chi connectivity index (χ1) is 17.1. The molecule has 0 fully saturated rings. The predicted octanol–water partition coefficient (Wildman–Crippen LogP) is 5.77. The Morgan fingerprint density at radius 1 is 0.914 bits per heavy atom. The molecule has 0 aliphatic rings. The Morgan fingerprint density at radius 2 is 1.71 bits per heavy atom. The Kier molecular flexibility index (Phi) is 6.32. The van der Waals surface area contributed by atoms with E-state index in [-0.39, 0.29) is 11.5 Å². The fraction of sp³-hybridized carbons (Fsp3) is 0.0714. The third-order valence-corrected chi connectivity index (χ3v) is 6.45. The lowest BCUT2D eigenvalue weighted by Crippen LogP contribution is -2.12. The molecule has 0 atom stereocenters. The Hall–Kier alpha value is -4.36. The van der Waals surface area contributed by atoms with Gasteiger partial charge in [0.2, 0.25) is 4.80 Å². The minimum atomic E-state index is -0.0476. The molecule has 0 amide bonds. The summed E-state index contributed by atoms with van der Waals surface area (Å²) in [6, 6.07) is 26.7. The average molecular weight is 482 g/mol. The summed E-state index contributed by atoms with van der Waals surface area (Å²) in [6.45, 7) is 0.526. The molecule has 1 heterocycles. The zero-order valence-corrected chi connectivity index (χ0v) is 19.8. The van der Waals surface area contributed by atoms with Gasteiger partial charge in [-0.25, -0.2) is 4.68 Å². The summed E-state index contributed by atoms with van der Waals surface area (Å²) in [5.41, 5.74) is 3.47. The number of rotatable bonds is 6. The van der Waals surface area contributed by atoms with Crippen LogP contribution < -0.4 is 9.54 Å². The zero-order valence-electron chi connectivity index (χ0n) is 19.0. The van der Waals surface area contributed by atoms with Gasteiger partial charge in [0.15, 0.2) is 0 Å². The molecule has 6 nitrogen and oxygen atoms in total. The van der Waals surface area contributed by atoms with Crippen molar-refractivity contribution in [2.45, 2.75) is 6.54 Å². The lowest BCUT2D eigenvalue weighted by Gasteiger charge is -2.07. The van der Waals surface area contributed by atoms with Crippen LogP contribution in [0.3, 0.4) is 0 Å². The molecule has 5 rings (SSSR count). The molecule has 0 aliphatic carbocycles. The van der Waals surface area contributed by atoms with E-state index in [4.69, 9.17) is 9.73 Å². The van der Waals surface area contributed by atoms with Crippen LogP contribution in [0.15, 0.2) is 100 Å². The number of phenols is 2. The largest absolute Gasteiger partial charge is 0.508 e. The molecule has 174 valence electrons. The lowest BCUT2D eigenvalue weighted by atomic mass is 10.1. The molecule has 5 aromatic rings. The van der Waals surface area contributed by atoms with Crippen molar-refractivity contribution in [3.63, 3.8) is 0 Å². The van der Waals surface area contributed by atoms with Gasteiger partial charge >= 0.3 is 0 Å². The minimum Gasteiger partial charge on any atom is -0.508 e. The molecule has 0 bridgehead atoms. The van der Waals surface area contributed by atoms with E-state index in [9.17, 15) is 10.2 Å². The number of benzene rings is 4. The van der Waals surface area contributed by atoms with Crippen LogP contribution in [0.1, 0.15) is 11.1 Å². The van der Waals surface area contributed by atoms with Crippen LogP contribution in [0.25, 0.3) is 22.0 Å². The van der Waals surface area contributed by atoms with Gasteiger partial charge in [-0.05, 0) is 46.7 Å². The summed E-state index contributed by atoms with van der Waals surface area (Å²) in [6.07, 6.45) is 1.57. The number of nitrogens with zero attached hydrogens (tertiary/aromatic N) is 3. The molecule has 0 saturated carbocycles. The minimum absolute atomic E-state index is 0.00475. The smallest absolute Gasteiger partial charge is 0.206 e. The van der Waals surface area contributed by atoms with Gasteiger partial charge in [-0.15, -0.1) is 11.3 Å². The summed E-state index contributed by atoms with van der Waals surface area (Å²) < 4.78 is 7.13. The number of ether oxygens (including phenoxy) is 1. The normalized spacial score (nSPS) is 12.0. The van der Waals surface area contributed by atoms with E-state index in [1.54, 1.807) is 24.1 Å². The molecular weight excluding hydrogens is 458 g/mol. The molecule has 1 aromatic heterocycles. The maximum absolute atomic E-state index is 10.2. The second kappa shape index (κ2) is 9.87. The average Bonchev–Trinajstić information content (AvgIpc) is 3.29. The van der Waals surface area contributed by atoms with E-state index in [2.05, 4.69) is 23.3 Å². The third kappa shape index (κ3) is 4.95. The van der Waals surface area contributed by atoms with Crippen LogP contribution in [0.4, 0.5) is 0 Å². The van der Waals surface area contributed by atoms with Crippen molar-refractivity contribution in [1.29, 1.82) is 0 Å². The van der Waals surface area contributed by atoms with Gasteiger partial charge < -0.3 is 14.9 Å². The maximum atomic E-state index is 10.2. The van der Waals surface area contributed by atoms with Crippen LogP contribution >= 0.6 is 11.3 Å². The van der Waals surface area contributed by atoms with Gasteiger partial charge in [0.05, 0.1) is 25.6 Å². The first-order valence-electron chi connectivity index (χ1n) is 11.0. The van der Waals surface area contributed by atoms with Crippen molar-refractivity contribution in [3.05, 3.63) is 106 Å². The Morgan fingerprint density at radius 3 is 2.51 bits per heavy atom. The van der Waals surface area contributed by atoms with E-state index in [0.29, 0.717) is 12.1 Å². The van der Waals surface area contributed by atoms with Crippen molar-refractivity contribution < 1.29 is 14.9 Å². The van der Waals surface area contributed by atoms with Gasteiger partial charge in [-0.2, -0.15) is 5.10 Å². The molecular formula is C28H23N3O3S. The van der Waals surface area contributed by atoms with Crippen molar-refractivity contribution in [1.82, 2.24) is 4.68 Å². The van der Waals surface area contributed by atoms with Crippen LogP contribution in [-0.2, 0) is 6.54 Å². The van der Waals surface area contributed by atoms with Crippen LogP contribution in [0.2, 0.25) is 0 Å². The standard InChI is InChI=1S/C28H23N3O3S/c1-34-25-12-10-20-13-22(8-7-21(20)14-25)26-18-35-28(29-16-19-5-3-2-4-6-19)31(26)30-17-23-9-11-24(32)15-27(23)33/h2-15,17-18,32-33H,16H2,1H3. The summed E-state index contributed by atoms with van der Waals surface area (Å²) >= 11 is 1.50. The molecule has 0 aliphatic heterocycles. The molecule has 2 N–H and O–H groups in total. The molecule has 0 spiro atoms. The van der Waals surface area contributed by atoms with Crippen molar-refractivity contribution in [3.8, 4) is 28.5 Å². The molecule has 35 heavy (non-hydrogen) atoms. The lowest BCUT2D eigenvalue weighted by molar-refractivity contribution is 0.415. The SMILES string of the molecule is COc1ccc2cc(-c3csc(=NCc4ccccc4)n3N=Cc3ccc(O)cc3O)ccc2c1. The monoisotopic (exact) mass is 481 g/mol. The first-order valence-corrected chi connectivity index (χ1v) is 11.9. The second-order valence-corrected chi connectivity index (χ2v) is 8.77. The Bertz CT molecular complexity index is 1590. The van der Waals surface area contributed by atoms with Gasteiger partial charge in [0.1, 0.15) is 17.2 Å². The highest BCUT2D eigenvalue weighted by Gasteiger charge is 2.10. The van der Waals surface area contributed by atoms with Gasteiger partial charge in [0, 0.05) is 22.6 Å². The van der Waals surface area contributed by atoms with Gasteiger partial charge in [0.25, 0.3) is 0 Å². The highest BCUT2D eigenvalue weighted by Crippen LogP contribution is 2.28. The van der Waals surface area contributed by atoms with Gasteiger partial charge in [-0.3, -0.25) is 4.99 Å². The Balaban J connectivity index is 1.59. The third-order valence-electron chi connectivity index (χ3n) is 5.59. The quantitative estimate of drug-likeness (QED) is 0.302. The van der Waals surface area contributed by atoms with Gasteiger partial charge in [-0.1, -0.05) is 48.5 Å². The van der Waals surface area contributed by atoms with Crippen molar-refractivity contribution in [2.75, 3.05) is 7.11 Å². The fourth-order valence-corrected chi connectivity index (χ4v) is 4.57.